The second kappa shape index (κ2) is 9.87. The van der Waals surface area contributed by atoms with Gasteiger partial charge in [0.05, 0.1) is 24.3 Å². The molecule has 3 heterocycles. The largest absolute Gasteiger partial charge is 0.425 e. The molecule has 1 fully saturated rings. The van der Waals surface area contributed by atoms with Gasteiger partial charge >= 0.3 is 6.09 Å². The highest BCUT2D eigenvalue weighted by Crippen LogP contribution is 2.34. The zero-order valence-electron chi connectivity index (χ0n) is 19.2. The molecule has 0 aliphatic carbocycles. The number of anilines is 3. The van der Waals surface area contributed by atoms with E-state index in [-0.39, 0.29) is 23.0 Å². The molecule has 186 valence electrons. The van der Waals surface area contributed by atoms with Crippen molar-refractivity contribution in [1.82, 2.24) is 19.5 Å². The lowest BCUT2D eigenvalue weighted by Crippen LogP contribution is -2.33. The van der Waals surface area contributed by atoms with Gasteiger partial charge in [0.15, 0.2) is 17.4 Å². The standard InChI is InChI=1S/C24H24N6O6/c1-25-23-27-20-17(26-13-29(20)22-19(33)18(32)16(12-31)35-22)21(28-23)36-24(34)30(14-8-4-2-5-9-14)15-10-6-3-7-11-15/h2-11,13,16,18-19,22,31-33H,12H2,1H3,(H,25,27,28)/t16-,18-,19-,22-/m1/s1. The van der Waals surface area contributed by atoms with Gasteiger partial charge in [-0.15, -0.1) is 0 Å². The number of aliphatic hydroxyl groups is 3. The van der Waals surface area contributed by atoms with Crippen LogP contribution in [0, 0.1) is 0 Å². The minimum atomic E-state index is -1.34. The average molecular weight is 492 g/mol. The van der Waals surface area contributed by atoms with E-state index in [1.54, 1.807) is 31.3 Å². The smallest absolute Gasteiger partial charge is 0.394 e. The average Bonchev–Trinajstić information content (AvgIpc) is 3.45. The van der Waals surface area contributed by atoms with Crippen LogP contribution in [-0.2, 0) is 4.74 Å². The third-order valence-corrected chi connectivity index (χ3v) is 5.80. The lowest BCUT2D eigenvalue weighted by Gasteiger charge is -2.22. The monoisotopic (exact) mass is 492 g/mol. The Hall–Kier alpha value is -4.10. The van der Waals surface area contributed by atoms with Crippen LogP contribution in [0.5, 0.6) is 5.88 Å². The van der Waals surface area contributed by atoms with E-state index in [1.165, 1.54) is 15.8 Å². The molecule has 0 unspecified atom stereocenters. The minimum Gasteiger partial charge on any atom is -0.394 e. The number of hydrogen-bond acceptors (Lipinski definition) is 10. The molecule has 4 atom stereocenters. The molecule has 2 aromatic carbocycles. The first-order valence-corrected chi connectivity index (χ1v) is 11.2. The predicted molar refractivity (Wildman–Crippen MR) is 129 cm³/mol. The number of rotatable bonds is 6. The molecule has 5 rings (SSSR count). The van der Waals surface area contributed by atoms with Crippen LogP contribution in [0.2, 0.25) is 0 Å². The zero-order chi connectivity index (χ0) is 25.2. The summed E-state index contributed by atoms with van der Waals surface area (Å²) in [5, 5.41) is 32.9. The summed E-state index contributed by atoms with van der Waals surface area (Å²) in [5.74, 6) is 0.0153. The molecule has 0 radical (unpaired) electrons. The van der Waals surface area contributed by atoms with E-state index in [2.05, 4.69) is 20.3 Å². The van der Waals surface area contributed by atoms with Crippen LogP contribution in [0.15, 0.2) is 67.0 Å². The summed E-state index contributed by atoms with van der Waals surface area (Å²) in [6.07, 6.45) is -4.08. The highest BCUT2D eigenvalue weighted by atomic mass is 16.6. The summed E-state index contributed by atoms with van der Waals surface area (Å²) in [6, 6.07) is 18.0. The Morgan fingerprint density at radius 1 is 1.06 bits per heavy atom. The summed E-state index contributed by atoms with van der Waals surface area (Å²) in [6.45, 7) is -0.476. The fourth-order valence-corrected chi connectivity index (χ4v) is 4.01. The number of hydrogen-bond donors (Lipinski definition) is 4. The molecule has 1 aliphatic heterocycles. The lowest BCUT2D eigenvalue weighted by atomic mass is 10.1. The predicted octanol–water partition coefficient (Wildman–Crippen LogP) is 1.82. The van der Waals surface area contributed by atoms with E-state index >= 15 is 0 Å². The fourth-order valence-electron chi connectivity index (χ4n) is 4.01. The normalized spacial score (nSPS) is 21.4. The SMILES string of the molecule is CNc1nc(OC(=O)N(c2ccccc2)c2ccccc2)c2ncn([C@@H]3O[C@H](CO)[C@@H](O)[C@H]3O)c2n1. The number of para-hydroxylation sites is 2. The Kier molecular flexibility index (Phi) is 6.48. The summed E-state index contributed by atoms with van der Waals surface area (Å²) >= 11 is 0. The van der Waals surface area contributed by atoms with Gasteiger partial charge in [0, 0.05) is 7.05 Å². The molecular weight excluding hydrogens is 468 g/mol. The second-order valence-corrected chi connectivity index (χ2v) is 8.03. The van der Waals surface area contributed by atoms with Crippen molar-refractivity contribution in [3.8, 4) is 5.88 Å². The van der Waals surface area contributed by atoms with E-state index in [1.807, 2.05) is 36.4 Å². The van der Waals surface area contributed by atoms with E-state index in [0.29, 0.717) is 11.4 Å². The van der Waals surface area contributed by atoms with Crippen LogP contribution in [0.4, 0.5) is 22.1 Å². The van der Waals surface area contributed by atoms with Crippen molar-refractivity contribution in [2.45, 2.75) is 24.5 Å². The maximum Gasteiger partial charge on any atom is 0.425 e. The molecule has 1 saturated heterocycles. The molecule has 36 heavy (non-hydrogen) atoms. The highest BCUT2D eigenvalue weighted by molar-refractivity contribution is 5.98. The summed E-state index contributed by atoms with van der Waals surface area (Å²) in [5.41, 5.74) is 1.51. The van der Waals surface area contributed by atoms with Gasteiger partial charge in [0.1, 0.15) is 18.3 Å². The van der Waals surface area contributed by atoms with Gasteiger partial charge in [-0.3, -0.25) is 4.57 Å². The Bertz CT molecular complexity index is 1310. The molecule has 4 N–H and O–H groups in total. The Morgan fingerprint density at radius 2 is 1.69 bits per heavy atom. The van der Waals surface area contributed by atoms with Crippen LogP contribution in [-0.4, -0.2) is 72.9 Å². The van der Waals surface area contributed by atoms with Crippen molar-refractivity contribution in [2.75, 3.05) is 23.9 Å². The number of benzene rings is 2. The molecule has 2 aromatic heterocycles. The van der Waals surface area contributed by atoms with Gasteiger partial charge in [-0.05, 0) is 24.3 Å². The zero-order valence-corrected chi connectivity index (χ0v) is 19.2. The Morgan fingerprint density at radius 3 is 2.25 bits per heavy atom. The number of aliphatic hydroxyl groups excluding tert-OH is 3. The number of amides is 1. The molecule has 0 bridgehead atoms. The molecule has 0 spiro atoms. The number of aromatic nitrogens is 4. The number of nitrogens with one attached hydrogen (secondary N) is 1. The number of imidazole rings is 1. The number of fused-ring (bicyclic) bond motifs is 1. The Balaban J connectivity index is 1.53. The van der Waals surface area contributed by atoms with E-state index in [4.69, 9.17) is 9.47 Å². The van der Waals surface area contributed by atoms with Crippen molar-refractivity contribution >= 4 is 34.6 Å². The van der Waals surface area contributed by atoms with Crippen LogP contribution in [0.25, 0.3) is 11.2 Å². The maximum absolute atomic E-state index is 13.5. The molecule has 1 aliphatic rings. The molecule has 12 heteroatoms. The number of ether oxygens (including phenoxy) is 2. The molecule has 1 amide bonds. The van der Waals surface area contributed by atoms with Crippen LogP contribution >= 0.6 is 0 Å². The van der Waals surface area contributed by atoms with E-state index in [9.17, 15) is 20.1 Å². The third kappa shape index (κ3) is 4.22. The maximum atomic E-state index is 13.5. The third-order valence-electron chi connectivity index (χ3n) is 5.80. The van der Waals surface area contributed by atoms with Crippen molar-refractivity contribution < 1.29 is 29.6 Å². The van der Waals surface area contributed by atoms with E-state index in [0.717, 1.165) is 0 Å². The van der Waals surface area contributed by atoms with Crippen molar-refractivity contribution in [1.29, 1.82) is 0 Å². The first-order chi connectivity index (χ1) is 17.5. The number of carbonyl (C=O) groups is 1. The summed E-state index contributed by atoms with van der Waals surface area (Å²) in [7, 11) is 1.60. The Labute approximate surface area is 205 Å². The van der Waals surface area contributed by atoms with Gasteiger partial charge in [-0.1, -0.05) is 36.4 Å². The molecule has 0 saturated carbocycles. The highest BCUT2D eigenvalue weighted by Gasteiger charge is 2.44. The van der Waals surface area contributed by atoms with Gasteiger partial charge in [-0.25, -0.2) is 14.7 Å². The molecular formula is C24H24N6O6. The van der Waals surface area contributed by atoms with E-state index < -0.39 is 37.2 Å². The lowest BCUT2D eigenvalue weighted by molar-refractivity contribution is -0.0511. The first-order valence-electron chi connectivity index (χ1n) is 11.2. The van der Waals surface area contributed by atoms with Gasteiger partial charge in [-0.2, -0.15) is 9.97 Å². The van der Waals surface area contributed by atoms with Crippen molar-refractivity contribution in [2.24, 2.45) is 0 Å². The van der Waals surface area contributed by atoms with Gasteiger partial charge in [0.2, 0.25) is 5.95 Å². The van der Waals surface area contributed by atoms with Crippen molar-refractivity contribution in [3.63, 3.8) is 0 Å². The topological polar surface area (TPSA) is 155 Å². The van der Waals surface area contributed by atoms with Gasteiger partial charge in [0.25, 0.3) is 5.88 Å². The fraction of sp³-hybridized carbons (Fsp3) is 0.250. The summed E-state index contributed by atoms with van der Waals surface area (Å²) < 4.78 is 12.7. The quantitative estimate of drug-likeness (QED) is 0.313. The first kappa shape index (κ1) is 23.6. The minimum absolute atomic E-state index is 0.114. The molecule has 4 aromatic rings. The van der Waals surface area contributed by atoms with Crippen LogP contribution in [0.3, 0.4) is 0 Å². The molecule has 12 nitrogen and oxygen atoms in total. The van der Waals surface area contributed by atoms with Crippen molar-refractivity contribution in [3.05, 3.63) is 67.0 Å². The van der Waals surface area contributed by atoms with Gasteiger partial charge < -0.3 is 30.1 Å². The number of nitrogens with zero attached hydrogens (tertiary/aromatic N) is 5. The number of carbonyl (C=O) groups excluding carboxylic acids is 1. The summed E-state index contributed by atoms with van der Waals surface area (Å²) in [4.78, 5) is 27.8. The van der Waals surface area contributed by atoms with Crippen LogP contribution in [0.1, 0.15) is 6.23 Å². The van der Waals surface area contributed by atoms with Crippen LogP contribution < -0.4 is 15.0 Å². The second-order valence-electron chi connectivity index (χ2n) is 8.03.